The molecule has 0 aliphatic carbocycles. The summed E-state index contributed by atoms with van der Waals surface area (Å²) >= 11 is 1.22. The van der Waals surface area contributed by atoms with Gasteiger partial charge in [-0.15, -0.1) is 0 Å². The Morgan fingerprint density at radius 1 is 1.03 bits per heavy atom. The van der Waals surface area contributed by atoms with Gasteiger partial charge in [-0.05, 0) is 61.5 Å². The maximum Gasteiger partial charge on any atom is 0.279 e. The number of hydrogen-bond acceptors (Lipinski definition) is 6. The lowest BCUT2D eigenvalue weighted by Gasteiger charge is -2.06. The van der Waals surface area contributed by atoms with Crippen molar-refractivity contribution in [3.8, 4) is 11.5 Å². The monoisotopic (exact) mass is 497 g/mol. The summed E-state index contributed by atoms with van der Waals surface area (Å²) in [6, 6.07) is 20.7. The van der Waals surface area contributed by atoms with E-state index in [4.69, 9.17) is 14.6 Å². The second-order valence-corrected chi connectivity index (χ2v) is 9.83. The summed E-state index contributed by atoms with van der Waals surface area (Å²) in [7, 11) is -3.85. The van der Waals surface area contributed by atoms with Gasteiger partial charge in [0.25, 0.3) is 5.91 Å². The molecule has 0 atom stereocenters. The molecule has 1 heterocycles. The highest BCUT2D eigenvalue weighted by Crippen LogP contribution is 2.23. The molecule has 0 saturated heterocycles. The van der Waals surface area contributed by atoms with Crippen molar-refractivity contribution < 1.29 is 22.7 Å². The summed E-state index contributed by atoms with van der Waals surface area (Å²) < 4.78 is 37.2. The lowest BCUT2D eigenvalue weighted by molar-refractivity contribution is 0.0996. The Morgan fingerprint density at radius 3 is 2.41 bits per heavy atom. The van der Waals surface area contributed by atoms with Crippen LogP contribution in [-0.4, -0.2) is 32.1 Å². The van der Waals surface area contributed by atoms with E-state index < -0.39 is 15.9 Å². The maximum atomic E-state index is 12.9. The van der Waals surface area contributed by atoms with Crippen LogP contribution in [0.3, 0.4) is 0 Å². The van der Waals surface area contributed by atoms with Gasteiger partial charge in [-0.1, -0.05) is 29.5 Å². The van der Waals surface area contributed by atoms with Crippen molar-refractivity contribution in [2.75, 3.05) is 13.2 Å². The molecular formula is C24H23N3O5S2. The molecule has 0 saturated carbocycles. The second kappa shape index (κ2) is 10.3. The maximum absolute atomic E-state index is 12.9. The molecule has 2 N–H and O–H groups in total. The van der Waals surface area contributed by atoms with Crippen LogP contribution in [0, 0.1) is 0 Å². The fourth-order valence-corrected chi connectivity index (χ4v) is 4.98. The van der Waals surface area contributed by atoms with Crippen LogP contribution >= 0.6 is 11.3 Å². The van der Waals surface area contributed by atoms with Crippen molar-refractivity contribution in [3.63, 3.8) is 0 Å². The molecule has 1 aromatic heterocycles. The first-order valence-electron chi connectivity index (χ1n) is 10.5. The molecule has 0 aliphatic rings. The first-order chi connectivity index (χ1) is 16.3. The minimum atomic E-state index is -3.85. The predicted molar refractivity (Wildman–Crippen MR) is 131 cm³/mol. The van der Waals surface area contributed by atoms with Crippen LogP contribution in [0.5, 0.6) is 11.5 Å². The highest BCUT2D eigenvalue weighted by atomic mass is 32.2. The van der Waals surface area contributed by atoms with Gasteiger partial charge in [0.2, 0.25) is 10.0 Å². The number of amides is 1. The van der Waals surface area contributed by atoms with Gasteiger partial charge in [0.15, 0.2) is 4.80 Å². The predicted octanol–water partition coefficient (Wildman–Crippen LogP) is 3.92. The van der Waals surface area contributed by atoms with E-state index in [1.54, 1.807) is 30.3 Å². The Balaban J connectivity index is 1.66. The number of nitrogens with two attached hydrogens (primary N) is 1. The number of para-hydroxylation sites is 1. The lowest BCUT2D eigenvalue weighted by atomic mass is 10.2. The summed E-state index contributed by atoms with van der Waals surface area (Å²) in [4.78, 5) is 17.7. The van der Waals surface area contributed by atoms with Gasteiger partial charge in [-0.25, -0.2) is 13.6 Å². The van der Waals surface area contributed by atoms with E-state index in [1.165, 1.54) is 23.5 Å². The van der Waals surface area contributed by atoms with Crippen LogP contribution in [0.2, 0.25) is 0 Å². The smallest absolute Gasteiger partial charge is 0.279 e. The molecule has 0 radical (unpaired) electrons. The fourth-order valence-electron chi connectivity index (χ4n) is 3.27. The molecule has 10 heteroatoms. The summed E-state index contributed by atoms with van der Waals surface area (Å²) in [6.45, 7) is 3.33. The van der Waals surface area contributed by atoms with E-state index in [0.717, 1.165) is 5.52 Å². The standard InChI is InChI=1S/C24H23N3O5S2/c1-2-31-15-14-27-21-13-12-20(34(25,29)30)16-22(21)33-24(27)26-23(28)17-8-10-19(11-9-17)32-18-6-4-3-5-7-18/h3-13,16H,2,14-15H2,1H3,(H2,25,29,30). The normalized spacial score (nSPS) is 12.2. The van der Waals surface area contributed by atoms with Crippen LogP contribution < -0.4 is 14.7 Å². The van der Waals surface area contributed by atoms with Crippen LogP contribution in [0.1, 0.15) is 17.3 Å². The third-order valence-electron chi connectivity index (χ3n) is 4.92. The molecule has 8 nitrogen and oxygen atoms in total. The number of primary sulfonamides is 1. The van der Waals surface area contributed by atoms with Crippen molar-refractivity contribution in [2.45, 2.75) is 18.4 Å². The summed E-state index contributed by atoms with van der Waals surface area (Å²) in [5.74, 6) is 0.882. The van der Waals surface area contributed by atoms with Crippen molar-refractivity contribution in [1.29, 1.82) is 0 Å². The number of hydrogen-bond donors (Lipinski definition) is 1. The average molecular weight is 498 g/mol. The fraction of sp³-hybridized carbons (Fsp3) is 0.167. The second-order valence-electron chi connectivity index (χ2n) is 7.26. The van der Waals surface area contributed by atoms with E-state index in [1.807, 2.05) is 41.8 Å². The molecule has 0 bridgehead atoms. The van der Waals surface area contributed by atoms with Gasteiger partial charge in [0.05, 0.1) is 21.7 Å². The van der Waals surface area contributed by atoms with Gasteiger partial charge in [0.1, 0.15) is 11.5 Å². The van der Waals surface area contributed by atoms with E-state index in [9.17, 15) is 13.2 Å². The third-order valence-corrected chi connectivity index (χ3v) is 6.88. The SMILES string of the molecule is CCOCCn1c(=NC(=O)c2ccc(Oc3ccccc3)cc2)sc2cc(S(N)(=O)=O)ccc21. The molecule has 0 spiro atoms. The quantitative estimate of drug-likeness (QED) is 0.371. The molecule has 1 amide bonds. The number of benzene rings is 3. The molecule has 0 fully saturated rings. The molecular weight excluding hydrogens is 474 g/mol. The zero-order valence-electron chi connectivity index (χ0n) is 18.4. The molecule has 0 aliphatic heterocycles. The molecule has 176 valence electrons. The Morgan fingerprint density at radius 2 is 1.74 bits per heavy atom. The number of carbonyl (C=O) groups excluding carboxylic acids is 1. The highest BCUT2D eigenvalue weighted by Gasteiger charge is 2.14. The number of fused-ring (bicyclic) bond motifs is 1. The molecule has 34 heavy (non-hydrogen) atoms. The minimum absolute atomic E-state index is 0.00471. The molecule has 4 rings (SSSR count). The van der Waals surface area contributed by atoms with Crippen molar-refractivity contribution in [2.24, 2.45) is 10.1 Å². The van der Waals surface area contributed by atoms with Crippen LogP contribution in [0.4, 0.5) is 0 Å². The Hall–Kier alpha value is -3.31. The highest BCUT2D eigenvalue weighted by molar-refractivity contribution is 7.89. The molecule has 3 aromatic carbocycles. The number of thiazole rings is 1. The van der Waals surface area contributed by atoms with E-state index in [0.29, 0.717) is 46.3 Å². The van der Waals surface area contributed by atoms with Crippen LogP contribution in [0.25, 0.3) is 10.2 Å². The number of sulfonamides is 1. The molecule has 4 aromatic rings. The Labute approximate surface area is 201 Å². The first kappa shape index (κ1) is 23.8. The van der Waals surface area contributed by atoms with Crippen molar-refractivity contribution >= 4 is 37.5 Å². The summed E-state index contributed by atoms with van der Waals surface area (Å²) in [5, 5.41) is 5.27. The zero-order chi connectivity index (χ0) is 24.1. The topological polar surface area (TPSA) is 113 Å². The summed E-state index contributed by atoms with van der Waals surface area (Å²) in [6.07, 6.45) is 0. The number of rotatable bonds is 8. The van der Waals surface area contributed by atoms with Gasteiger partial charge < -0.3 is 14.0 Å². The van der Waals surface area contributed by atoms with Crippen LogP contribution in [0.15, 0.2) is 82.7 Å². The van der Waals surface area contributed by atoms with E-state index >= 15 is 0 Å². The number of ether oxygens (including phenoxy) is 2. The Bertz CT molecular complexity index is 1470. The zero-order valence-corrected chi connectivity index (χ0v) is 20.0. The van der Waals surface area contributed by atoms with Crippen molar-refractivity contribution in [1.82, 2.24) is 4.57 Å². The average Bonchev–Trinajstić information content (AvgIpc) is 3.16. The number of aromatic nitrogens is 1. The lowest BCUT2D eigenvalue weighted by Crippen LogP contribution is -2.19. The summed E-state index contributed by atoms with van der Waals surface area (Å²) in [5.41, 5.74) is 1.15. The van der Waals surface area contributed by atoms with Gasteiger partial charge >= 0.3 is 0 Å². The molecule has 0 unspecified atom stereocenters. The van der Waals surface area contributed by atoms with Gasteiger partial charge in [-0.2, -0.15) is 4.99 Å². The van der Waals surface area contributed by atoms with E-state index in [-0.39, 0.29) is 4.90 Å². The van der Waals surface area contributed by atoms with Gasteiger partial charge in [0, 0.05) is 18.7 Å². The minimum Gasteiger partial charge on any atom is -0.457 e. The third kappa shape index (κ3) is 5.60. The van der Waals surface area contributed by atoms with Crippen LogP contribution in [-0.2, 0) is 21.3 Å². The first-order valence-corrected chi connectivity index (χ1v) is 12.9. The Kier molecular flexibility index (Phi) is 7.23. The largest absolute Gasteiger partial charge is 0.457 e. The van der Waals surface area contributed by atoms with Gasteiger partial charge in [-0.3, -0.25) is 4.79 Å². The number of carbonyl (C=O) groups is 1. The van der Waals surface area contributed by atoms with E-state index in [2.05, 4.69) is 4.99 Å². The van der Waals surface area contributed by atoms with Crippen molar-refractivity contribution in [3.05, 3.63) is 83.2 Å². The number of nitrogens with zero attached hydrogens (tertiary/aromatic N) is 2.